The standard InChI is InChI=1S/C18H18.C14H20.C13H20.C12H22.C12H16.C12H22.C9H14.C8H14/c1-11-12(2)18-15-9-5-3-7-13(15)17(11)14-8-4-6-10-16(14)18;1-7-8(2)12-6-11(7)13-9-3-4-10(5-9)14(12)13;1-8-5-12-10-3-4-11(7-10)13(12)6-9(8)2;1-5-12(4)7-6-9-8-10(12)11(9,2)3;1-9-7-11-5-3-4-6-12(11)8-10(9)2;1-5-11-7-8-12(6-2)10(4)9(11)3;1-6-7(2)9-4-3-8(6)5-9;1-7-5-3-4-6-8(7)2/h3-12,17-18H,1-2H3;3-4,7-14H,5-6H2,1-2H3;3-4,8-13H,5-7H2,1-2H3;9-10H,5-8H2,1-4H3;3-6,9-10H,7-8H2,1-2H3;7-12H,5-6H2,1-4H3;3-4,6-9H,5H2,1-2H3;3-4,7-8H,5-6H2,1-2H3. The molecule has 0 radical (unpaired) electrons. The van der Waals surface area contributed by atoms with E-state index in [1.54, 1.807) is 39.8 Å². The van der Waals surface area contributed by atoms with Gasteiger partial charge in [0.2, 0.25) is 0 Å². The van der Waals surface area contributed by atoms with E-state index in [0.29, 0.717) is 22.7 Å². The molecule has 31 atom stereocenters. The Balaban J connectivity index is 0.000000108. The summed E-state index contributed by atoms with van der Waals surface area (Å²) >= 11 is 0. The number of rotatable bonds is 3. The minimum atomic E-state index is 0.609. The molecule has 18 aliphatic rings. The van der Waals surface area contributed by atoms with Crippen LogP contribution in [0.4, 0.5) is 0 Å². The molecule has 0 aromatic heterocycles. The number of fused-ring (bicyclic) bond motifs is 20. The van der Waals surface area contributed by atoms with Crippen LogP contribution in [0.5, 0.6) is 0 Å². The van der Waals surface area contributed by atoms with Crippen molar-refractivity contribution in [1.29, 1.82) is 0 Å². The van der Waals surface area contributed by atoms with E-state index in [-0.39, 0.29) is 0 Å². The predicted octanol–water partition coefficient (Wildman–Crippen LogP) is 27.3. The summed E-state index contributed by atoms with van der Waals surface area (Å²) < 4.78 is 0. The van der Waals surface area contributed by atoms with Crippen molar-refractivity contribution in [1.82, 2.24) is 0 Å². The molecule has 21 rings (SSSR count). The van der Waals surface area contributed by atoms with Gasteiger partial charge in [-0.05, 0) is 318 Å². The van der Waals surface area contributed by atoms with Gasteiger partial charge in [0.25, 0.3) is 0 Å². The second-order valence-electron chi connectivity index (χ2n) is 38.8. The van der Waals surface area contributed by atoms with Gasteiger partial charge < -0.3 is 0 Å². The maximum atomic E-state index is 2.55. The number of hydrogen-bond donors (Lipinski definition) is 0. The molecular weight excluding hydrogens is 1180 g/mol. The average Bonchev–Trinajstić information content (AvgIpc) is 1.30. The minimum Gasteiger partial charge on any atom is -0.0883 e. The van der Waals surface area contributed by atoms with Gasteiger partial charge in [-0.15, -0.1) is 0 Å². The Bertz CT molecular complexity index is 3020. The lowest BCUT2D eigenvalue weighted by Gasteiger charge is -2.64. The van der Waals surface area contributed by atoms with Crippen molar-refractivity contribution in [2.24, 2.45) is 188 Å². The Labute approximate surface area is 604 Å². The van der Waals surface area contributed by atoms with Gasteiger partial charge in [0, 0.05) is 11.8 Å². The first-order valence-electron chi connectivity index (χ1n) is 42.5. The van der Waals surface area contributed by atoms with Crippen LogP contribution in [0, 0.1) is 188 Å². The van der Waals surface area contributed by atoms with E-state index in [1.807, 2.05) is 0 Å². The third-order valence-electron chi connectivity index (χ3n) is 34.1. The molecule has 12 bridgehead atoms. The number of benzene rings is 3. The van der Waals surface area contributed by atoms with Crippen LogP contribution in [0.1, 0.15) is 274 Å². The molecule has 0 amide bonds. The van der Waals surface area contributed by atoms with E-state index in [0.717, 1.165) is 178 Å². The predicted molar refractivity (Wildman–Crippen MR) is 424 cm³/mol. The maximum Gasteiger partial charge on any atom is 0.0124 e. The molecule has 3 aromatic rings. The molecule has 0 heterocycles. The smallest absolute Gasteiger partial charge is 0.0124 e. The van der Waals surface area contributed by atoms with Crippen LogP contribution in [0.25, 0.3) is 0 Å². The molecule has 9 saturated carbocycles. The lowest BCUT2D eigenvalue weighted by Crippen LogP contribution is -2.56. The Hall–Kier alpha value is -3.64. The summed E-state index contributed by atoms with van der Waals surface area (Å²) in [6, 6.07) is 27.0. The molecule has 0 aliphatic heterocycles. The first-order valence-corrected chi connectivity index (χ1v) is 42.5. The number of hydrogen-bond acceptors (Lipinski definition) is 0. The maximum absolute atomic E-state index is 2.55. The second kappa shape index (κ2) is 31.0. The molecule has 0 N–H and O–H groups in total. The van der Waals surface area contributed by atoms with Crippen LogP contribution < -0.4 is 0 Å². The fraction of sp³-hybridized carbons (Fsp3) is 0.714. The summed E-state index contributed by atoms with van der Waals surface area (Å²) in [5, 5.41) is 0. The van der Waals surface area contributed by atoms with Crippen LogP contribution in [0.2, 0.25) is 0 Å². The lowest BCUT2D eigenvalue weighted by atomic mass is 9.41. The van der Waals surface area contributed by atoms with Crippen molar-refractivity contribution < 1.29 is 0 Å². The van der Waals surface area contributed by atoms with Crippen LogP contribution in [-0.4, -0.2) is 0 Å². The van der Waals surface area contributed by atoms with E-state index in [9.17, 15) is 0 Å². The zero-order chi connectivity index (χ0) is 69.8. The third-order valence-corrected chi connectivity index (χ3v) is 34.1. The fourth-order valence-electron chi connectivity index (χ4n) is 25.6. The van der Waals surface area contributed by atoms with Crippen molar-refractivity contribution >= 4 is 0 Å². The van der Waals surface area contributed by atoms with Gasteiger partial charge in [-0.25, -0.2) is 0 Å². The Kier molecular flexibility index (Phi) is 23.4. The van der Waals surface area contributed by atoms with Crippen LogP contribution in [0.15, 0.2) is 134 Å². The van der Waals surface area contributed by atoms with Crippen LogP contribution in [-0.2, 0) is 12.8 Å². The van der Waals surface area contributed by atoms with Gasteiger partial charge in [-0.3, -0.25) is 0 Å². The molecule has 0 spiro atoms. The molecule has 18 aliphatic carbocycles. The summed E-state index contributed by atoms with van der Waals surface area (Å²) in [7, 11) is 0. The van der Waals surface area contributed by atoms with E-state index in [2.05, 4.69) is 272 Å². The topological polar surface area (TPSA) is 0 Å². The second-order valence-corrected chi connectivity index (χ2v) is 38.8. The highest BCUT2D eigenvalue weighted by atomic mass is 14.7. The summed E-state index contributed by atoms with van der Waals surface area (Å²) in [5.74, 6) is 30.1. The molecule has 31 unspecified atom stereocenters. The fourth-order valence-corrected chi connectivity index (χ4v) is 25.6. The van der Waals surface area contributed by atoms with E-state index >= 15 is 0 Å². The molecule has 538 valence electrons. The largest absolute Gasteiger partial charge is 0.0883 e. The highest BCUT2D eigenvalue weighted by Crippen LogP contribution is 2.69. The first kappa shape index (κ1) is 74.1. The van der Waals surface area contributed by atoms with Crippen molar-refractivity contribution in [3.8, 4) is 0 Å². The van der Waals surface area contributed by atoms with Crippen molar-refractivity contribution in [3.63, 3.8) is 0 Å². The van der Waals surface area contributed by atoms with Crippen molar-refractivity contribution in [2.75, 3.05) is 0 Å². The molecule has 0 heteroatoms. The molecule has 98 heavy (non-hydrogen) atoms. The number of allylic oxidation sites excluding steroid dienone is 10. The van der Waals surface area contributed by atoms with Gasteiger partial charge in [0.15, 0.2) is 0 Å². The monoisotopic (exact) mass is 1320 g/mol. The highest BCUT2D eigenvalue weighted by Gasteiger charge is 2.63. The zero-order valence-electron chi connectivity index (χ0n) is 66.5. The van der Waals surface area contributed by atoms with Gasteiger partial charge >= 0.3 is 0 Å². The average molecular weight is 1320 g/mol. The summed E-state index contributed by atoms with van der Waals surface area (Å²) in [5.41, 5.74) is 10.8. The Morgan fingerprint density at radius 2 is 0.724 bits per heavy atom. The quantitative estimate of drug-likeness (QED) is 0.181. The zero-order valence-corrected chi connectivity index (χ0v) is 66.5. The Morgan fingerprint density at radius 3 is 1.07 bits per heavy atom. The van der Waals surface area contributed by atoms with Gasteiger partial charge in [0.05, 0.1) is 0 Å². The third kappa shape index (κ3) is 14.4. The van der Waals surface area contributed by atoms with Crippen LogP contribution in [0.3, 0.4) is 0 Å². The minimum absolute atomic E-state index is 0.609. The molecule has 0 saturated heterocycles. The van der Waals surface area contributed by atoms with Crippen LogP contribution >= 0.6 is 0 Å². The summed E-state index contributed by atoms with van der Waals surface area (Å²) in [4.78, 5) is 0. The van der Waals surface area contributed by atoms with E-state index in [1.165, 1.54) is 96.3 Å². The summed E-state index contributed by atoms with van der Waals surface area (Å²) in [6.45, 7) is 48.2. The highest BCUT2D eigenvalue weighted by molar-refractivity contribution is 5.56. The first-order chi connectivity index (χ1) is 46.9. The van der Waals surface area contributed by atoms with E-state index < -0.39 is 0 Å². The Morgan fingerprint density at radius 1 is 0.347 bits per heavy atom. The normalized spacial score (nSPS) is 46.1. The van der Waals surface area contributed by atoms with Crippen molar-refractivity contribution in [2.45, 2.75) is 253 Å². The molecule has 9 fully saturated rings. The molecule has 3 aromatic carbocycles. The van der Waals surface area contributed by atoms with E-state index in [4.69, 9.17) is 0 Å². The van der Waals surface area contributed by atoms with Crippen molar-refractivity contribution in [3.05, 3.63) is 167 Å². The molecule has 0 nitrogen and oxygen atoms in total. The van der Waals surface area contributed by atoms with Gasteiger partial charge in [-0.2, -0.15) is 0 Å². The van der Waals surface area contributed by atoms with Gasteiger partial charge in [-0.1, -0.05) is 278 Å². The molecular formula is C98H146. The SMILES string of the molecule is CC1C(C)C2CC1C1C3C=CC(C3)C21.CC1C2C=CC(C2)C1C.CC1C2c3ccccc3C(c3ccccc32)C1C.CC1CC2C3C=CC(C3)C2CC1C.CC1CC=CCC1C.CC1Cc2ccccc2CC1C.CCC1(C)CCC2CC1C2(C)C.CCC1C=CC(CC)C(C)C1C. The van der Waals surface area contributed by atoms with Gasteiger partial charge in [0.1, 0.15) is 0 Å². The summed E-state index contributed by atoms with van der Waals surface area (Å²) in [6.07, 6.45) is 47.1. The lowest BCUT2D eigenvalue weighted by molar-refractivity contribution is -0.150.